The number of halogens is 1. The lowest BCUT2D eigenvalue weighted by Gasteiger charge is -2.39. The van der Waals surface area contributed by atoms with Gasteiger partial charge in [-0.1, -0.05) is 13.5 Å². The van der Waals surface area contributed by atoms with E-state index in [9.17, 15) is 38.3 Å². The number of aliphatic carboxylic acids is 1. The Balaban J connectivity index is 0.00000432. The molecule has 1 saturated heterocycles. The van der Waals surface area contributed by atoms with E-state index < -0.39 is 65.7 Å². The summed E-state index contributed by atoms with van der Waals surface area (Å²) in [5.74, 6) is -6.05. The summed E-state index contributed by atoms with van der Waals surface area (Å²) in [6, 6.07) is -0.982. The Kier molecular flexibility index (Phi) is 8.65. The molecule has 13 heteroatoms. The Morgan fingerprint density at radius 2 is 1.97 bits per heavy atom. The number of amides is 4. The summed E-state index contributed by atoms with van der Waals surface area (Å²) < 4.78 is 13.6. The second kappa shape index (κ2) is 11.2. The van der Waals surface area contributed by atoms with E-state index in [4.69, 9.17) is 5.11 Å². The standard InChI is InChI=1S/C21H21FN4O8.CH4/c22-13-8-11(3-5-16(13)28)19(32)24-14-4-6-17(29)25-7-1-2-15(26(25)21(14)34)20(33)23-12(10-27)9-18(30)31;/h1,3,5,7-8,10,12,14-15,28H,2,4,6,9H2,(H,23,33)(H,24,32)(H,30,31);1H4/t12-,14-,15-;/m0./s1. The average Bonchev–Trinajstić information content (AvgIpc) is 2.92. The number of phenols is 1. The van der Waals surface area contributed by atoms with Crippen molar-refractivity contribution in [1.82, 2.24) is 20.7 Å². The Bertz CT molecular complexity index is 1080. The molecule has 1 aromatic rings. The van der Waals surface area contributed by atoms with E-state index in [1.165, 1.54) is 12.3 Å². The minimum Gasteiger partial charge on any atom is -0.505 e. The Hall–Kier alpha value is -4.29. The molecule has 0 aliphatic carbocycles. The van der Waals surface area contributed by atoms with E-state index in [1.54, 1.807) is 0 Å². The van der Waals surface area contributed by atoms with Gasteiger partial charge in [0, 0.05) is 18.2 Å². The van der Waals surface area contributed by atoms with Gasteiger partial charge in [-0.3, -0.25) is 24.0 Å². The topological polar surface area (TPSA) is 173 Å². The highest BCUT2D eigenvalue weighted by Crippen LogP contribution is 2.24. The molecular weight excluding hydrogens is 467 g/mol. The van der Waals surface area contributed by atoms with Crippen LogP contribution < -0.4 is 10.6 Å². The van der Waals surface area contributed by atoms with Crippen LogP contribution in [0.2, 0.25) is 0 Å². The molecule has 0 aromatic heterocycles. The molecule has 188 valence electrons. The van der Waals surface area contributed by atoms with Crippen LogP contribution in [0, 0.1) is 5.82 Å². The summed E-state index contributed by atoms with van der Waals surface area (Å²) in [5, 5.41) is 24.6. The van der Waals surface area contributed by atoms with Crippen LogP contribution in [0.15, 0.2) is 30.5 Å². The van der Waals surface area contributed by atoms with Gasteiger partial charge in [-0.25, -0.2) is 14.4 Å². The average molecular weight is 492 g/mol. The lowest BCUT2D eigenvalue weighted by molar-refractivity contribution is -0.166. The first kappa shape index (κ1) is 27.0. The Labute approximate surface area is 199 Å². The van der Waals surface area contributed by atoms with E-state index in [0.717, 1.165) is 28.2 Å². The highest BCUT2D eigenvalue weighted by Gasteiger charge is 2.43. The van der Waals surface area contributed by atoms with Crippen LogP contribution in [0.1, 0.15) is 43.5 Å². The molecule has 1 fully saturated rings. The predicted molar refractivity (Wildman–Crippen MR) is 117 cm³/mol. The first-order valence-corrected chi connectivity index (χ1v) is 10.2. The summed E-state index contributed by atoms with van der Waals surface area (Å²) in [4.78, 5) is 73.3. The number of benzene rings is 1. The molecule has 0 spiro atoms. The number of carbonyl (C=O) groups is 6. The summed E-state index contributed by atoms with van der Waals surface area (Å²) >= 11 is 0. The van der Waals surface area contributed by atoms with Crippen molar-refractivity contribution in [1.29, 1.82) is 0 Å². The number of aromatic hydroxyl groups is 1. The van der Waals surface area contributed by atoms with Crippen molar-refractivity contribution in [3.05, 3.63) is 41.9 Å². The summed E-state index contributed by atoms with van der Waals surface area (Å²) in [5.41, 5.74) is -0.175. The lowest BCUT2D eigenvalue weighted by Crippen LogP contribution is -2.62. The van der Waals surface area contributed by atoms with Crippen LogP contribution in [0.25, 0.3) is 0 Å². The van der Waals surface area contributed by atoms with Gasteiger partial charge in [-0.05, 0) is 31.0 Å². The smallest absolute Gasteiger partial charge is 0.305 e. The van der Waals surface area contributed by atoms with Gasteiger partial charge in [0.1, 0.15) is 18.4 Å². The number of aldehydes is 1. The highest BCUT2D eigenvalue weighted by atomic mass is 19.1. The molecule has 0 unspecified atom stereocenters. The number of carboxylic acids is 1. The fraction of sp³-hybridized carbons (Fsp3) is 0.364. The number of rotatable bonds is 7. The molecule has 35 heavy (non-hydrogen) atoms. The van der Waals surface area contributed by atoms with Crippen molar-refractivity contribution in [3.8, 4) is 5.75 Å². The number of carbonyl (C=O) groups excluding carboxylic acids is 5. The van der Waals surface area contributed by atoms with Crippen LogP contribution in [-0.4, -0.2) is 74.2 Å². The van der Waals surface area contributed by atoms with Gasteiger partial charge < -0.3 is 25.6 Å². The van der Waals surface area contributed by atoms with Crippen molar-refractivity contribution in [2.75, 3.05) is 0 Å². The molecule has 2 aliphatic heterocycles. The monoisotopic (exact) mass is 492 g/mol. The van der Waals surface area contributed by atoms with Crippen LogP contribution in [0.3, 0.4) is 0 Å². The molecule has 0 saturated carbocycles. The third kappa shape index (κ3) is 5.99. The van der Waals surface area contributed by atoms with E-state index in [-0.39, 0.29) is 38.5 Å². The van der Waals surface area contributed by atoms with E-state index in [0.29, 0.717) is 0 Å². The molecule has 3 rings (SSSR count). The lowest BCUT2D eigenvalue weighted by atomic mass is 10.1. The zero-order valence-corrected chi connectivity index (χ0v) is 17.6. The number of nitrogens with one attached hydrogen (secondary N) is 2. The maximum absolute atomic E-state index is 13.6. The van der Waals surface area contributed by atoms with Crippen LogP contribution >= 0.6 is 0 Å². The number of hydrazine groups is 1. The van der Waals surface area contributed by atoms with Gasteiger partial charge >= 0.3 is 5.97 Å². The molecule has 2 aliphatic rings. The maximum atomic E-state index is 13.6. The molecule has 4 amide bonds. The zero-order chi connectivity index (χ0) is 25.0. The van der Waals surface area contributed by atoms with E-state index >= 15 is 0 Å². The number of fused-ring (bicyclic) bond motifs is 1. The fourth-order valence-corrected chi connectivity index (χ4v) is 3.58. The first-order valence-electron chi connectivity index (χ1n) is 10.2. The van der Waals surface area contributed by atoms with E-state index in [1.807, 2.05) is 0 Å². The van der Waals surface area contributed by atoms with Crippen LogP contribution in [-0.2, 0) is 24.0 Å². The maximum Gasteiger partial charge on any atom is 0.305 e. The summed E-state index contributed by atoms with van der Waals surface area (Å²) in [6.07, 6.45) is 2.05. The van der Waals surface area contributed by atoms with Gasteiger partial charge in [-0.15, -0.1) is 0 Å². The fourth-order valence-electron chi connectivity index (χ4n) is 3.58. The first-order chi connectivity index (χ1) is 16.1. The van der Waals surface area contributed by atoms with Gasteiger partial charge in [0.15, 0.2) is 11.6 Å². The highest BCUT2D eigenvalue weighted by molar-refractivity contribution is 6.00. The number of nitrogens with zero attached hydrogens (tertiary/aromatic N) is 2. The molecule has 2 heterocycles. The van der Waals surface area contributed by atoms with Gasteiger partial charge in [-0.2, -0.15) is 0 Å². The van der Waals surface area contributed by atoms with Crippen molar-refractivity contribution in [2.45, 2.75) is 51.2 Å². The number of hydrogen-bond acceptors (Lipinski definition) is 7. The molecule has 0 bridgehead atoms. The zero-order valence-electron chi connectivity index (χ0n) is 17.6. The molecule has 4 N–H and O–H groups in total. The Morgan fingerprint density at radius 3 is 2.60 bits per heavy atom. The molecule has 1 aromatic carbocycles. The van der Waals surface area contributed by atoms with Crippen molar-refractivity contribution in [3.63, 3.8) is 0 Å². The third-order valence-electron chi connectivity index (χ3n) is 5.26. The van der Waals surface area contributed by atoms with Crippen LogP contribution in [0.4, 0.5) is 4.39 Å². The quantitative estimate of drug-likeness (QED) is 0.387. The normalized spacial score (nSPS) is 20.1. The summed E-state index contributed by atoms with van der Waals surface area (Å²) in [7, 11) is 0. The van der Waals surface area contributed by atoms with Crippen molar-refractivity contribution in [2.24, 2.45) is 0 Å². The predicted octanol–water partition coefficient (Wildman–Crippen LogP) is 0.0762. The molecule has 12 nitrogen and oxygen atoms in total. The van der Waals surface area contributed by atoms with Gasteiger partial charge in [0.05, 0.1) is 12.5 Å². The molecular formula is C22H25FN4O8. The molecule has 0 radical (unpaired) electrons. The van der Waals surface area contributed by atoms with Crippen molar-refractivity contribution >= 4 is 35.9 Å². The number of phenolic OH excluding ortho intramolecular Hbond substituents is 1. The second-order valence-corrected chi connectivity index (χ2v) is 7.64. The molecule has 3 atom stereocenters. The third-order valence-corrected chi connectivity index (χ3v) is 5.26. The minimum absolute atomic E-state index is 0. The van der Waals surface area contributed by atoms with E-state index in [2.05, 4.69) is 10.6 Å². The largest absolute Gasteiger partial charge is 0.505 e. The summed E-state index contributed by atoms with van der Waals surface area (Å²) in [6.45, 7) is 0. The van der Waals surface area contributed by atoms with Gasteiger partial charge in [0.25, 0.3) is 11.8 Å². The Morgan fingerprint density at radius 1 is 1.26 bits per heavy atom. The van der Waals surface area contributed by atoms with Crippen LogP contribution in [0.5, 0.6) is 5.75 Å². The van der Waals surface area contributed by atoms with Crippen molar-refractivity contribution < 1.29 is 43.4 Å². The minimum atomic E-state index is -1.35. The van der Waals surface area contributed by atoms with Gasteiger partial charge in [0.2, 0.25) is 11.8 Å². The SMILES string of the molecule is C.O=C[C@H](CC(=O)O)NC(=O)[C@@H]1CC=CN2C(=O)CC[C@H](NC(=O)c3ccc(O)c(F)c3)C(=O)N12. The number of carboxylic acid groups (broad SMARTS) is 1. The second-order valence-electron chi connectivity index (χ2n) is 7.64. The number of hydrogen-bond donors (Lipinski definition) is 4.